The maximum atomic E-state index is 7.12. The first kappa shape index (κ1) is 28.9. The summed E-state index contributed by atoms with van der Waals surface area (Å²) in [6.45, 7) is 0.813. The molecule has 1 heterocycles. The average molecular weight is 634 g/mol. The van der Waals surface area contributed by atoms with Crippen LogP contribution in [0.5, 0.6) is 23.0 Å². The Labute approximate surface area is 244 Å². The molecule has 208 valence electrons. The molecule has 4 aromatic carbocycles. The lowest BCUT2D eigenvalue weighted by atomic mass is 10.2. The number of rotatable bonds is 8. The summed E-state index contributed by atoms with van der Waals surface area (Å²) in [5, 5.41) is 0. The van der Waals surface area contributed by atoms with Gasteiger partial charge in [0.2, 0.25) is 0 Å². The molecule has 0 N–H and O–H groups in total. The minimum atomic E-state index is -3.66. The number of benzene rings is 4. The fraction of sp³-hybridized carbons (Fsp3) is 0.143. The number of halogens is 2. The lowest BCUT2D eigenvalue weighted by molar-refractivity contribution is 0.475. The summed E-state index contributed by atoms with van der Waals surface area (Å²) in [5.41, 5.74) is 4.26. The second kappa shape index (κ2) is 11.7. The van der Waals surface area contributed by atoms with Crippen LogP contribution in [0.3, 0.4) is 0 Å². The number of hydrogen-bond donors (Lipinski definition) is 0. The van der Waals surface area contributed by atoms with E-state index in [1.807, 2.05) is 100 Å². The van der Waals surface area contributed by atoms with Crippen molar-refractivity contribution in [2.75, 3.05) is 0 Å². The average Bonchev–Trinajstić information content (AvgIpc) is 2.89. The van der Waals surface area contributed by atoms with Crippen LogP contribution in [0, 0.1) is 27.7 Å². The van der Waals surface area contributed by atoms with Gasteiger partial charge in [-0.2, -0.15) is 0 Å². The van der Waals surface area contributed by atoms with Gasteiger partial charge in [-0.1, -0.05) is 70.8 Å². The number of nitrogens with zero attached hydrogens (tertiary/aromatic N) is 3. The molecule has 0 fully saturated rings. The first-order valence-electron chi connectivity index (χ1n) is 12.4. The van der Waals surface area contributed by atoms with E-state index in [2.05, 4.69) is 4.52 Å². The van der Waals surface area contributed by atoms with Crippen molar-refractivity contribution in [3.05, 3.63) is 119 Å². The fourth-order valence-electron chi connectivity index (χ4n) is 3.57. The lowest BCUT2D eigenvalue weighted by Gasteiger charge is -2.29. The van der Waals surface area contributed by atoms with Gasteiger partial charge in [0, 0.05) is 0 Å². The SMILES string of the molecule is Cc1ccc(OP2(Oc3ccc(C)cc3)=N[P@@](Cl)(Oc3ccc(C)cc3)=N[P@@](Cl)(Oc3ccc(C)cc3)=N2)cc1. The molecule has 40 heavy (non-hydrogen) atoms. The first-order chi connectivity index (χ1) is 19.0. The Bertz CT molecular complexity index is 1570. The molecule has 0 radical (unpaired) electrons. The van der Waals surface area contributed by atoms with Crippen molar-refractivity contribution in [3.63, 3.8) is 0 Å². The molecule has 12 heteroatoms. The third-order valence-corrected chi connectivity index (χ3v) is 15.6. The minimum absolute atomic E-state index is 0.477. The number of hydrogen-bond acceptors (Lipinski definition) is 7. The largest absolute Gasteiger partial charge is 0.457 e. The Morgan fingerprint density at radius 1 is 0.400 bits per heavy atom. The molecule has 2 atom stereocenters. The smallest absolute Gasteiger partial charge is 0.431 e. The fourth-order valence-corrected chi connectivity index (χ4v) is 15.0. The molecule has 0 aliphatic carbocycles. The minimum Gasteiger partial charge on any atom is -0.431 e. The van der Waals surface area contributed by atoms with E-state index in [0.29, 0.717) is 23.0 Å². The topological polar surface area (TPSA) is 74.0 Å². The summed E-state index contributed by atoms with van der Waals surface area (Å²) in [7, 11) is -3.66. The van der Waals surface area contributed by atoms with Crippen molar-refractivity contribution in [3.8, 4) is 23.0 Å². The van der Waals surface area contributed by atoms with Crippen molar-refractivity contribution < 1.29 is 18.1 Å². The highest BCUT2D eigenvalue weighted by Crippen LogP contribution is 2.81. The molecule has 1 aliphatic rings. The Balaban J connectivity index is 1.69. The van der Waals surface area contributed by atoms with Gasteiger partial charge in [-0.25, -0.2) is 0 Å². The van der Waals surface area contributed by atoms with Gasteiger partial charge in [0.05, 0.1) is 0 Å². The van der Waals surface area contributed by atoms with E-state index in [0.717, 1.165) is 22.3 Å². The molecule has 5 rings (SSSR count). The highest BCUT2D eigenvalue weighted by atomic mass is 35.7. The number of aryl methyl sites for hydroxylation is 4. The summed E-state index contributed by atoms with van der Waals surface area (Å²) in [5.74, 6) is 1.92. The predicted molar refractivity (Wildman–Crippen MR) is 167 cm³/mol. The molecule has 0 saturated carbocycles. The molecule has 0 aromatic heterocycles. The van der Waals surface area contributed by atoms with Crippen molar-refractivity contribution in [2.45, 2.75) is 27.7 Å². The molecule has 0 bridgehead atoms. The molecule has 0 unspecified atom stereocenters. The maximum Gasteiger partial charge on any atom is 0.457 e. The van der Waals surface area contributed by atoms with Crippen molar-refractivity contribution in [2.24, 2.45) is 13.5 Å². The van der Waals surface area contributed by atoms with E-state index in [1.54, 1.807) is 24.3 Å². The van der Waals surface area contributed by atoms with Crippen LogP contribution in [0.4, 0.5) is 0 Å². The monoisotopic (exact) mass is 633 g/mol. The van der Waals surface area contributed by atoms with Crippen LogP contribution in [0.1, 0.15) is 22.3 Å². The molecule has 4 aromatic rings. The Morgan fingerprint density at radius 3 is 1.00 bits per heavy atom. The second-order valence-corrected chi connectivity index (χ2v) is 17.7. The summed E-state index contributed by atoms with van der Waals surface area (Å²) >= 11 is 14.2. The quantitative estimate of drug-likeness (QED) is 0.181. The van der Waals surface area contributed by atoms with Gasteiger partial charge in [0.1, 0.15) is 23.0 Å². The standard InChI is InChI=1S/C28H28Cl2N3O4P3/c1-21-5-13-25(14-6-21)34-38(29)31-39(30,35-26-15-7-22(2)8-16-26)33-40(32-38,36-27-17-9-23(3)10-18-27)37-28-19-11-24(4)12-20-28/h5-20H,1-4H3/t38-,39+. The van der Waals surface area contributed by atoms with Crippen LogP contribution >= 0.6 is 43.7 Å². The first-order valence-corrected chi connectivity index (χ1v) is 18.9. The lowest BCUT2D eigenvalue weighted by Crippen LogP contribution is -2.03. The molecule has 0 saturated heterocycles. The third-order valence-electron chi connectivity index (χ3n) is 5.64. The maximum absolute atomic E-state index is 7.12. The van der Waals surface area contributed by atoms with E-state index in [1.165, 1.54) is 0 Å². The van der Waals surface area contributed by atoms with E-state index >= 15 is 0 Å². The van der Waals surface area contributed by atoms with Gasteiger partial charge >= 0.3 is 21.2 Å². The van der Waals surface area contributed by atoms with Gasteiger partial charge in [-0.05, 0) is 98.7 Å². The van der Waals surface area contributed by atoms with Gasteiger partial charge in [-0.15, -0.1) is 13.5 Å². The van der Waals surface area contributed by atoms with Gasteiger partial charge in [0.15, 0.2) is 0 Å². The van der Waals surface area contributed by atoms with Crippen molar-refractivity contribution in [1.29, 1.82) is 0 Å². The normalized spacial score (nSPS) is 21.2. The molecular formula is C28H28Cl2N3O4P3. The van der Waals surface area contributed by atoms with Crippen LogP contribution in [-0.2, 0) is 0 Å². The molecule has 1 aliphatic heterocycles. The zero-order valence-corrected chi connectivity index (χ0v) is 26.5. The van der Waals surface area contributed by atoms with E-state index in [9.17, 15) is 0 Å². The van der Waals surface area contributed by atoms with Gasteiger partial charge in [-0.3, -0.25) is 0 Å². The van der Waals surface area contributed by atoms with E-state index < -0.39 is 21.2 Å². The van der Waals surface area contributed by atoms with E-state index in [-0.39, 0.29) is 0 Å². The van der Waals surface area contributed by atoms with Gasteiger partial charge in [0.25, 0.3) is 0 Å². The molecule has 0 amide bonds. The van der Waals surface area contributed by atoms with Crippen molar-refractivity contribution in [1.82, 2.24) is 0 Å². The third kappa shape index (κ3) is 7.35. The van der Waals surface area contributed by atoms with Crippen LogP contribution < -0.4 is 18.1 Å². The zero-order chi connectivity index (χ0) is 28.4. The van der Waals surface area contributed by atoms with E-state index in [4.69, 9.17) is 49.6 Å². The van der Waals surface area contributed by atoms with Crippen LogP contribution in [-0.4, -0.2) is 0 Å². The molecular weight excluding hydrogens is 606 g/mol. The highest BCUT2D eigenvalue weighted by Gasteiger charge is 2.43. The summed E-state index contributed by atoms with van der Waals surface area (Å²) in [6.07, 6.45) is 0. The molecule has 7 nitrogen and oxygen atoms in total. The van der Waals surface area contributed by atoms with Crippen molar-refractivity contribution >= 4 is 43.7 Å². The summed E-state index contributed by atoms with van der Waals surface area (Å²) in [6, 6.07) is 29.8. The predicted octanol–water partition coefficient (Wildman–Crippen LogP) is 11.9. The van der Waals surface area contributed by atoms with Crippen LogP contribution in [0.25, 0.3) is 0 Å². The van der Waals surface area contributed by atoms with Crippen LogP contribution in [0.15, 0.2) is 111 Å². The Morgan fingerprint density at radius 2 is 0.675 bits per heavy atom. The second-order valence-electron chi connectivity index (χ2n) is 9.32. The Kier molecular flexibility index (Phi) is 8.43. The zero-order valence-electron chi connectivity index (χ0n) is 22.3. The summed E-state index contributed by atoms with van der Waals surface area (Å²) < 4.78 is 39.6. The summed E-state index contributed by atoms with van der Waals surface area (Å²) in [4.78, 5) is 0. The highest BCUT2D eigenvalue weighted by molar-refractivity contribution is 8.00. The van der Waals surface area contributed by atoms with Crippen LogP contribution in [0.2, 0.25) is 0 Å². The Hall–Kier alpha value is -2.65. The molecule has 0 spiro atoms. The van der Waals surface area contributed by atoms with Gasteiger partial charge < -0.3 is 18.1 Å².